The Bertz CT molecular complexity index is 856. The summed E-state index contributed by atoms with van der Waals surface area (Å²) in [7, 11) is 1.69. The zero-order valence-corrected chi connectivity index (χ0v) is 16.2. The van der Waals surface area contributed by atoms with E-state index in [2.05, 4.69) is 20.5 Å². The minimum Gasteiger partial charge on any atom is -0.505 e. The Hall–Kier alpha value is -2.83. The number of piperidine rings is 1. The molecule has 0 bridgehead atoms. The zero-order valence-electron chi connectivity index (χ0n) is 16.2. The number of benzene rings is 2. The van der Waals surface area contributed by atoms with Gasteiger partial charge >= 0.3 is 0 Å². The maximum absolute atomic E-state index is 13.5. The average Bonchev–Trinajstić information content (AvgIpc) is 2.68. The minimum atomic E-state index is -0.639. The van der Waals surface area contributed by atoms with Gasteiger partial charge in [-0.3, -0.25) is 4.99 Å². The molecular weight excluding hydrogens is 362 g/mol. The number of guanidine groups is 1. The van der Waals surface area contributed by atoms with Crippen LogP contribution in [-0.2, 0) is 6.54 Å². The van der Waals surface area contributed by atoms with Gasteiger partial charge in [0, 0.05) is 38.4 Å². The Kier molecular flexibility index (Phi) is 6.34. The number of halogens is 2. The number of aliphatic imine (C=N–C) groups is 1. The first-order valence-corrected chi connectivity index (χ1v) is 9.42. The molecule has 0 saturated carbocycles. The molecule has 0 spiro atoms. The van der Waals surface area contributed by atoms with Crippen LogP contribution in [-0.4, -0.2) is 37.2 Å². The number of phenols is 1. The normalized spacial score (nSPS) is 17.5. The van der Waals surface area contributed by atoms with Gasteiger partial charge in [-0.2, -0.15) is 0 Å². The molecule has 0 radical (unpaired) electrons. The van der Waals surface area contributed by atoms with Gasteiger partial charge in [0.05, 0.1) is 0 Å². The van der Waals surface area contributed by atoms with E-state index in [1.165, 1.54) is 18.2 Å². The van der Waals surface area contributed by atoms with Crippen molar-refractivity contribution >= 4 is 11.6 Å². The zero-order chi connectivity index (χ0) is 20.1. The Morgan fingerprint density at radius 3 is 2.79 bits per heavy atom. The number of aromatic hydroxyl groups is 1. The van der Waals surface area contributed by atoms with Crippen LogP contribution in [0.15, 0.2) is 41.4 Å². The number of hydrogen-bond acceptors (Lipinski definition) is 3. The molecule has 3 rings (SSSR count). The summed E-state index contributed by atoms with van der Waals surface area (Å²) < 4.78 is 26.9. The first kappa shape index (κ1) is 19.9. The number of hydrogen-bond donors (Lipinski definition) is 3. The van der Waals surface area contributed by atoms with Crippen molar-refractivity contribution in [3.8, 4) is 5.75 Å². The highest BCUT2D eigenvalue weighted by atomic mass is 19.1. The topological polar surface area (TPSA) is 59.9 Å². The number of aryl methyl sites for hydroxylation is 1. The second-order valence-electron chi connectivity index (χ2n) is 7.07. The fourth-order valence-corrected chi connectivity index (χ4v) is 3.52. The van der Waals surface area contributed by atoms with Crippen molar-refractivity contribution in [3.05, 3.63) is 59.2 Å². The van der Waals surface area contributed by atoms with Crippen molar-refractivity contribution in [1.29, 1.82) is 0 Å². The third-order valence-corrected chi connectivity index (χ3v) is 4.96. The van der Waals surface area contributed by atoms with E-state index in [1.54, 1.807) is 19.2 Å². The van der Waals surface area contributed by atoms with Crippen molar-refractivity contribution in [2.45, 2.75) is 32.4 Å². The molecule has 1 aliphatic rings. The first-order chi connectivity index (χ1) is 13.5. The summed E-state index contributed by atoms with van der Waals surface area (Å²) >= 11 is 0. The monoisotopic (exact) mass is 388 g/mol. The van der Waals surface area contributed by atoms with Crippen LogP contribution in [0.25, 0.3) is 0 Å². The highest BCUT2D eigenvalue weighted by Gasteiger charge is 2.22. The van der Waals surface area contributed by atoms with Crippen molar-refractivity contribution in [1.82, 2.24) is 10.6 Å². The third-order valence-electron chi connectivity index (χ3n) is 4.96. The van der Waals surface area contributed by atoms with Crippen LogP contribution in [0.3, 0.4) is 0 Å². The summed E-state index contributed by atoms with van der Waals surface area (Å²) in [5, 5.41) is 15.9. The number of anilines is 1. The molecule has 1 atom stereocenters. The minimum absolute atomic E-state index is 0.195. The molecule has 0 aliphatic carbocycles. The van der Waals surface area contributed by atoms with Crippen LogP contribution in [0.5, 0.6) is 5.75 Å². The fraction of sp³-hybridized carbons (Fsp3) is 0.381. The van der Waals surface area contributed by atoms with Crippen molar-refractivity contribution in [2.75, 3.05) is 25.0 Å². The summed E-state index contributed by atoms with van der Waals surface area (Å²) in [4.78, 5) is 6.51. The van der Waals surface area contributed by atoms with E-state index in [1.807, 2.05) is 13.0 Å². The second kappa shape index (κ2) is 8.91. The Morgan fingerprint density at radius 1 is 1.25 bits per heavy atom. The van der Waals surface area contributed by atoms with Gasteiger partial charge in [0.25, 0.3) is 0 Å². The first-order valence-electron chi connectivity index (χ1n) is 9.42. The van der Waals surface area contributed by atoms with Crippen LogP contribution in [0, 0.1) is 18.6 Å². The van der Waals surface area contributed by atoms with E-state index in [0.29, 0.717) is 18.1 Å². The molecule has 5 nitrogen and oxygen atoms in total. The number of nitrogens with zero attached hydrogens (tertiary/aromatic N) is 2. The summed E-state index contributed by atoms with van der Waals surface area (Å²) in [6.07, 6.45) is 2.03. The Morgan fingerprint density at radius 2 is 2.07 bits per heavy atom. The van der Waals surface area contributed by atoms with Gasteiger partial charge in [-0.05, 0) is 61.2 Å². The lowest BCUT2D eigenvalue weighted by Crippen LogP contribution is -2.51. The predicted molar refractivity (Wildman–Crippen MR) is 108 cm³/mol. The van der Waals surface area contributed by atoms with Crippen LogP contribution >= 0.6 is 0 Å². The Labute approximate surface area is 164 Å². The molecule has 3 N–H and O–H groups in total. The van der Waals surface area contributed by atoms with Gasteiger partial charge < -0.3 is 20.6 Å². The molecule has 150 valence electrons. The molecule has 0 aromatic heterocycles. The van der Waals surface area contributed by atoms with Crippen molar-refractivity contribution in [3.63, 3.8) is 0 Å². The van der Waals surface area contributed by atoms with Gasteiger partial charge in [0.1, 0.15) is 5.82 Å². The average molecular weight is 388 g/mol. The standard InChI is InChI=1S/C21H26F2N4O/c1-14-10-16(22)6-7-19(14)27-9-3-4-17(13-27)26-21(24-2)25-12-15-5-8-20(28)18(23)11-15/h5-8,10-11,17,28H,3-4,9,12-13H2,1-2H3,(H2,24,25,26). The van der Waals surface area contributed by atoms with Gasteiger partial charge in [-0.1, -0.05) is 6.07 Å². The third kappa shape index (κ3) is 4.91. The highest BCUT2D eigenvalue weighted by Crippen LogP contribution is 2.24. The van der Waals surface area contributed by atoms with Crippen molar-refractivity contribution < 1.29 is 13.9 Å². The predicted octanol–water partition coefficient (Wildman–Crippen LogP) is 3.31. The van der Waals surface area contributed by atoms with Crippen LogP contribution in [0.4, 0.5) is 14.5 Å². The number of rotatable bonds is 4. The van der Waals surface area contributed by atoms with E-state index in [0.717, 1.165) is 37.2 Å². The second-order valence-corrected chi connectivity index (χ2v) is 7.07. The molecular formula is C21H26F2N4O. The van der Waals surface area contributed by atoms with Crippen LogP contribution in [0.1, 0.15) is 24.0 Å². The quantitative estimate of drug-likeness (QED) is 0.556. The SMILES string of the molecule is CN=C(NCc1ccc(O)c(F)c1)NC1CCCN(c2ccc(F)cc2C)C1. The summed E-state index contributed by atoms with van der Waals surface area (Å²) in [6.45, 7) is 4.04. The molecule has 28 heavy (non-hydrogen) atoms. The van der Waals surface area contributed by atoms with E-state index in [-0.39, 0.29) is 17.6 Å². The lowest BCUT2D eigenvalue weighted by atomic mass is 10.0. The summed E-state index contributed by atoms with van der Waals surface area (Å²) in [5.74, 6) is -0.580. The van der Waals surface area contributed by atoms with E-state index >= 15 is 0 Å². The molecule has 7 heteroatoms. The maximum Gasteiger partial charge on any atom is 0.191 e. The number of nitrogens with one attached hydrogen (secondary N) is 2. The molecule has 1 heterocycles. The molecule has 1 saturated heterocycles. The lowest BCUT2D eigenvalue weighted by Gasteiger charge is -2.36. The van der Waals surface area contributed by atoms with Gasteiger partial charge in [0.2, 0.25) is 0 Å². The van der Waals surface area contributed by atoms with Crippen LogP contribution in [0.2, 0.25) is 0 Å². The molecule has 1 aliphatic heterocycles. The van der Waals surface area contributed by atoms with E-state index < -0.39 is 5.82 Å². The Balaban J connectivity index is 1.58. The largest absolute Gasteiger partial charge is 0.505 e. The molecule has 0 amide bonds. The molecule has 1 unspecified atom stereocenters. The summed E-state index contributed by atoms with van der Waals surface area (Å²) in [6, 6.07) is 9.39. The van der Waals surface area contributed by atoms with Crippen molar-refractivity contribution in [2.24, 2.45) is 4.99 Å². The van der Waals surface area contributed by atoms with E-state index in [4.69, 9.17) is 0 Å². The smallest absolute Gasteiger partial charge is 0.191 e. The molecule has 2 aromatic rings. The van der Waals surface area contributed by atoms with Gasteiger partial charge in [-0.25, -0.2) is 8.78 Å². The summed E-state index contributed by atoms with van der Waals surface area (Å²) in [5.41, 5.74) is 2.69. The lowest BCUT2D eigenvalue weighted by molar-refractivity contribution is 0.431. The fourth-order valence-electron chi connectivity index (χ4n) is 3.52. The van der Waals surface area contributed by atoms with Gasteiger partial charge in [-0.15, -0.1) is 0 Å². The van der Waals surface area contributed by atoms with Gasteiger partial charge in [0.15, 0.2) is 17.5 Å². The molecule has 2 aromatic carbocycles. The number of phenolic OH excluding ortho intramolecular Hbond substituents is 1. The molecule has 1 fully saturated rings. The maximum atomic E-state index is 13.5. The highest BCUT2D eigenvalue weighted by molar-refractivity contribution is 5.80. The van der Waals surface area contributed by atoms with E-state index in [9.17, 15) is 13.9 Å². The van der Waals surface area contributed by atoms with Crippen LogP contribution < -0.4 is 15.5 Å².